The molecule has 1 atom stereocenters. The lowest BCUT2D eigenvalue weighted by Gasteiger charge is -2.37. The van der Waals surface area contributed by atoms with Gasteiger partial charge < -0.3 is 19.5 Å². The summed E-state index contributed by atoms with van der Waals surface area (Å²) in [6.45, 7) is 3.70. The molecule has 0 saturated carbocycles. The average Bonchev–Trinajstić information content (AvgIpc) is 3.10. The number of nitrogens with one attached hydrogen (secondary N) is 1. The third kappa shape index (κ3) is 3.81. The van der Waals surface area contributed by atoms with Crippen LogP contribution in [0.25, 0.3) is 0 Å². The third-order valence-electron chi connectivity index (χ3n) is 4.21. The summed E-state index contributed by atoms with van der Waals surface area (Å²) in [6, 6.07) is 7.47. The third-order valence-corrected chi connectivity index (χ3v) is 4.21. The number of rotatable bonds is 5. The van der Waals surface area contributed by atoms with E-state index < -0.39 is 0 Å². The first-order chi connectivity index (χ1) is 12.2. The van der Waals surface area contributed by atoms with Crippen molar-refractivity contribution in [1.29, 1.82) is 0 Å². The van der Waals surface area contributed by atoms with Crippen LogP contribution in [-0.4, -0.2) is 46.1 Å². The first kappa shape index (κ1) is 17.0. The summed E-state index contributed by atoms with van der Waals surface area (Å²) in [5.74, 6) is -0.306. The Morgan fingerprint density at radius 3 is 2.96 bits per heavy atom. The van der Waals surface area contributed by atoms with Gasteiger partial charge in [-0.25, -0.2) is 4.79 Å². The maximum atomic E-state index is 12.7. The fraction of sp³-hybridized carbons (Fsp3) is 0.389. The minimum Gasteiger partial charge on any atom is -0.466 e. The van der Waals surface area contributed by atoms with Crippen LogP contribution in [-0.2, 0) is 16.1 Å². The highest BCUT2D eigenvalue weighted by molar-refractivity contribution is 5.76. The van der Waals surface area contributed by atoms with Gasteiger partial charge in [0.25, 0.3) is 0 Å². The van der Waals surface area contributed by atoms with Crippen molar-refractivity contribution < 1.29 is 14.3 Å². The van der Waals surface area contributed by atoms with Crippen molar-refractivity contribution in [3.05, 3.63) is 54.1 Å². The summed E-state index contributed by atoms with van der Waals surface area (Å²) in [5.41, 5.74) is 2.02. The minimum absolute atomic E-state index is 0.168. The number of carbonyl (C=O) groups excluding carboxylic acids is 2. The lowest BCUT2D eigenvalue weighted by atomic mass is 10.0. The highest BCUT2D eigenvalue weighted by Crippen LogP contribution is 2.31. The highest BCUT2D eigenvalue weighted by atomic mass is 16.5. The molecule has 2 amide bonds. The molecule has 0 fully saturated rings. The van der Waals surface area contributed by atoms with Crippen molar-refractivity contribution in [3.8, 4) is 0 Å². The molecule has 3 rings (SSSR count). The zero-order valence-electron chi connectivity index (χ0n) is 14.2. The predicted molar refractivity (Wildman–Crippen MR) is 91.9 cm³/mol. The van der Waals surface area contributed by atoms with E-state index in [0.29, 0.717) is 13.2 Å². The zero-order chi connectivity index (χ0) is 17.6. The van der Waals surface area contributed by atoms with Crippen LogP contribution in [0.1, 0.15) is 30.6 Å². The number of carbonyl (C=O) groups is 2. The second-order valence-electron chi connectivity index (χ2n) is 5.80. The molecule has 0 radical (unpaired) electrons. The summed E-state index contributed by atoms with van der Waals surface area (Å²) < 4.78 is 7.03. The number of urea groups is 1. The van der Waals surface area contributed by atoms with Crippen molar-refractivity contribution >= 4 is 12.0 Å². The maximum Gasteiger partial charge on any atom is 0.318 e. The molecule has 7 heteroatoms. The zero-order valence-corrected chi connectivity index (χ0v) is 14.2. The van der Waals surface area contributed by atoms with E-state index in [-0.39, 0.29) is 31.0 Å². The molecule has 132 valence electrons. The van der Waals surface area contributed by atoms with E-state index in [1.54, 1.807) is 24.2 Å². The second kappa shape index (κ2) is 7.83. The van der Waals surface area contributed by atoms with Gasteiger partial charge in [0.15, 0.2) is 0 Å². The van der Waals surface area contributed by atoms with Gasteiger partial charge in [-0.1, -0.05) is 6.07 Å². The molecule has 0 aromatic carbocycles. The van der Waals surface area contributed by atoms with Crippen LogP contribution in [0.4, 0.5) is 4.79 Å². The summed E-state index contributed by atoms with van der Waals surface area (Å²) in [6.07, 6.45) is 5.69. The molecule has 0 bridgehead atoms. The topological polar surface area (TPSA) is 76.5 Å². The number of pyridine rings is 1. The van der Waals surface area contributed by atoms with Gasteiger partial charge in [0, 0.05) is 43.9 Å². The quantitative estimate of drug-likeness (QED) is 0.843. The standard InChI is InChI=1S/C18H22N4O3/c1-2-25-16(23)7-9-20-18(24)22-12-11-21-10-4-6-15(21)17(22)14-5-3-8-19-13-14/h3-6,8,10,13,17H,2,7,9,11-12H2,1H3,(H,20,24). The smallest absolute Gasteiger partial charge is 0.318 e. The van der Waals surface area contributed by atoms with Crippen molar-refractivity contribution in [2.45, 2.75) is 25.9 Å². The highest BCUT2D eigenvalue weighted by Gasteiger charge is 2.32. The maximum absolute atomic E-state index is 12.7. The Balaban J connectivity index is 1.73. The minimum atomic E-state index is -0.306. The van der Waals surface area contributed by atoms with E-state index in [0.717, 1.165) is 17.8 Å². The van der Waals surface area contributed by atoms with Crippen LogP contribution in [0.2, 0.25) is 0 Å². The van der Waals surface area contributed by atoms with E-state index in [2.05, 4.69) is 14.9 Å². The number of amides is 2. The van der Waals surface area contributed by atoms with Gasteiger partial charge in [-0.3, -0.25) is 9.78 Å². The number of ether oxygens (including phenoxy) is 1. The van der Waals surface area contributed by atoms with E-state index in [4.69, 9.17) is 4.74 Å². The Labute approximate surface area is 146 Å². The van der Waals surface area contributed by atoms with Crippen molar-refractivity contribution in [2.24, 2.45) is 0 Å². The average molecular weight is 342 g/mol. The van der Waals surface area contributed by atoms with Crippen LogP contribution in [0.3, 0.4) is 0 Å². The monoisotopic (exact) mass is 342 g/mol. The van der Waals surface area contributed by atoms with Crippen molar-refractivity contribution in [3.63, 3.8) is 0 Å². The van der Waals surface area contributed by atoms with Gasteiger partial charge in [-0.2, -0.15) is 0 Å². The number of hydrogen-bond donors (Lipinski definition) is 1. The van der Waals surface area contributed by atoms with E-state index in [1.807, 2.05) is 30.5 Å². The largest absolute Gasteiger partial charge is 0.466 e. The Morgan fingerprint density at radius 2 is 2.20 bits per heavy atom. The summed E-state index contributed by atoms with van der Waals surface area (Å²) in [4.78, 5) is 30.1. The van der Waals surface area contributed by atoms with E-state index in [9.17, 15) is 9.59 Å². The Bertz CT molecular complexity index is 729. The molecule has 1 unspecified atom stereocenters. The Hall–Kier alpha value is -2.83. The number of aromatic nitrogens is 2. The first-order valence-corrected chi connectivity index (χ1v) is 8.45. The molecule has 1 aliphatic rings. The van der Waals surface area contributed by atoms with Crippen LogP contribution in [0.5, 0.6) is 0 Å². The predicted octanol–water partition coefficient (Wildman–Crippen LogP) is 1.95. The fourth-order valence-corrected chi connectivity index (χ4v) is 3.10. The van der Waals surface area contributed by atoms with Gasteiger partial charge in [-0.15, -0.1) is 0 Å². The fourth-order valence-electron chi connectivity index (χ4n) is 3.10. The summed E-state index contributed by atoms with van der Waals surface area (Å²) >= 11 is 0. The van der Waals surface area contributed by atoms with Crippen molar-refractivity contribution in [2.75, 3.05) is 19.7 Å². The molecule has 3 heterocycles. The molecule has 0 spiro atoms. The molecule has 0 aliphatic carbocycles. The van der Waals surface area contributed by atoms with Crippen LogP contribution >= 0.6 is 0 Å². The second-order valence-corrected chi connectivity index (χ2v) is 5.80. The molecule has 2 aromatic rings. The molecule has 2 aromatic heterocycles. The molecule has 1 aliphatic heterocycles. The van der Waals surface area contributed by atoms with Gasteiger partial charge in [-0.05, 0) is 30.7 Å². The van der Waals surface area contributed by atoms with E-state index >= 15 is 0 Å². The van der Waals surface area contributed by atoms with Gasteiger partial charge in [0.05, 0.1) is 13.0 Å². The SMILES string of the molecule is CCOC(=O)CCNC(=O)N1CCn2cccc2C1c1cccnc1. The first-order valence-electron chi connectivity index (χ1n) is 8.45. The van der Waals surface area contributed by atoms with Gasteiger partial charge in [0.2, 0.25) is 0 Å². The molecular formula is C18H22N4O3. The summed E-state index contributed by atoms with van der Waals surface area (Å²) in [7, 11) is 0. The molecule has 25 heavy (non-hydrogen) atoms. The molecular weight excluding hydrogens is 320 g/mol. The lowest BCUT2D eigenvalue weighted by Crippen LogP contribution is -2.47. The van der Waals surface area contributed by atoms with Gasteiger partial charge in [0.1, 0.15) is 6.04 Å². The Morgan fingerprint density at radius 1 is 1.32 bits per heavy atom. The number of fused-ring (bicyclic) bond motifs is 1. The van der Waals surface area contributed by atoms with Crippen LogP contribution < -0.4 is 5.32 Å². The molecule has 0 saturated heterocycles. The normalized spacial score (nSPS) is 16.2. The molecule has 1 N–H and O–H groups in total. The number of hydrogen-bond acceptors (Lipinski definition) is 4. The number of nitrogens with zero attached hydrogens (tertiary/aromatic N) is 3. The van der Waals surface area contributed by atoms with Crippen LogP contribution in [0, 0.1) is 0 Å². The Kier molecular flexibility index (Phi) is 5.33. The van der Waals surface area contributed by atoms with Crippen LogP contribution in [0.15, 0.2) is 42.9 Å². The number of esters is 1. The van der Waals surface area contributed by atoms with E-state index in [1.165, 1.54) is 0 Å². The van der Waals surface area contributed by atoms with Gasteiger partial charge >= 0.3 is 12.0 Å². The lowest BCUT2D eigenvalue weighted by molar-refractivity contribution is -0.142. The molecule has 7 nitrogen and oxygen atoms in total. The summed E-state index contributed by atoms with van der Waals surface area (Å²) in [5, 5.41) is 2.82. The van der Waals surface area contributed by atoms with Crippen molar-refractivity contribution in [1.82, 2.24) is 19.8 Å².